The molecule has 3 aliphatic rings. The minimum atomic E-state index is -1.15. The molecule has 0 saturated carbocycles. The molecule has 1 spiro atoms. The van der Waals surface area contributed by atoms with Crippen molar-refractivity contribution in [1.82, 2.24) is 10.2 Å². The first-order valence-electron chi connectivity index (χ1n) is 9.39. The Hall–Kier alpha value is -2.21. The minimum Gasteiger partial charge on any atom is -0.324 e. The van der Waals surface area contributed by atoms with E-state index < -0.39 is 17.4 Å². The number of carbonyl (C=O) groups excluding carboxylic acids is 3. The number of nitrogens with zero attached hydrogens (tertiary/aromatic N) is 1. The molecular weight excluding hydrogens is 330 g/mol. The van der Waals surface area contributed by atoms with Crippen molar-refractivity contribution in [1.29, 1.82) is 0 Å². The average molecular weight is 355 g/mol. The van der Waals surface area contributed by atoms with Crippen molar-refractivity contribution in [3.8, 4) is 0 Å². The Labute approximate surface area is 153 Å². The highest BCUT2D eigenvalue weighted by molar-refractivity contribution is 6.15. The number of fused-ring (bicyclic) bond motifs is 4. The molecule has 3 aliphatic heterocycles. The van der Waals surface area contributed by atoms with E-state index >= 15 is 0 Å². The van der Waals surface area contributed by atoms with Gasteiger partial charge in [0, 0.05) is 23.8 Å². The number of nitrogens with one attached hydrogen (secondary N) is 2. The van der Waals surface area contributed by atoms with E-state index in [0.717, 1.165) is 35.2 Å². The van der Waals surface area contributed by atoms with Gasteiger partial charge in [0.1, 0.15) is 5.54 Å². The Morgan fingerprint density at radius 1 is 1.15 bits per heavy atom. The summed E-state index contributed by atoms with van der Waals surface area (Å²) in [5, 5.41) is 6.32. The van der Waals surface area contributed by atoms with Crippen LogP contribution in [0, 0.1) is 25.7 Å². The Kier molecular flexibility index (Phi) is 3.74. The van der Waals surface area contributed by atoms with Crippen LogP contribution in [0.15, 0.2) is 12.1 Å². The topological polar surface area (TPSA) is 78.5 Å². The molecule has 1 aromatic rings. The fraction of sp³-hybridized carbons (Fsp3) is 0.550. The van der Waals surface area contributed by atoms with Crippen molar-refractivity contribution in [2.45, 2.75) is 52.1 Å². The lowest BCUT2D eigenvalue weighted by atomic mass is 9.76. The van der Waals surface area contributed by atoms with Gasteiger partial charge in [-0.3, -0.25) is 24.6 Å². The predicted octanol–water partition coefficient (Wildman–Crippen LogP) is 1.84. The summed E-state index contributed by atoms with van der Waals surface area (Å²) in [6.07, 6.45) is 1.69. The van der Waals surface area contributed by atoms with Crippen molar-refractivity contribution in [2.24, 2.45) is 11.8 Å². The zero-order valence-electron chi connectivity index (χ0n) is 15.7. The number of carbonyl (C=O) groups is 3. The van der Waals surface area contributed by atoms with E-state index in [0.29, 0.717) is 6.54 Å². The van der Waals surface area contributed by atoms with Gasteiger partial charge in [0.25, 0.3) is 0 Å². The summed E-state index contributed by atoms with van der Waals surface area (Å²) >= 11 is 0. The molecule has 4 atom stereocenters. The fourth-order valence-corrected chi connectivity index (χ4v) is 4.88. The van der Waals surface area contributed by atoms with Crippen LogP contribution in [0.25, 0.3) is 0 Å². The second-order valence-electron chi connectivity index (χ2n) is 7.81. The van der Waals surface area contributed by atoms with E-state index in [2.05, 4.69) is 10.6 Å². The van der Waals surface area contributed by atoms with Gasteiger partial charge < -0.3 is 5.32 Å². The molecular formula is C20H25N3O3. The van der Waals surface area contributed by atoms with Gasteiger partial charge in [-0.1, -0.05) is 25.5 Å². The molecule has 1 aromatic carbocycles. The van der Waals surface area contributed by atoms with Gasteiger partial charge in [0.05, 0.1) is 11.8 Å². The molecule has 0 unspecified atom stereocenters. The summed E-state index contributed by atoms with van der Waals surface area (Å²) in [7, 11) is 0. The average Bonchev–Trinajstić information content (AvgIpc) is 3.16. The second kappa shape index (κ2) is 5.64. The molecule has 26 heavy (non-hydrogen) atoms. The molecule has 2 fully saturated rings. The van der Waals surface area contributed by atoms with Crippen molar-refractivity contribution < 1.29 is 14.4 Å². The number of hydrogen-bond donors (Lipinski definition) is 2. The summed E-state index contributed by atoms with van der Waals surface area (Å²) in [5.74, 6) is -1.75. The standard InChI is InChI=1S/C20H25N3O3/c1-5-6-9-23-17(24)14-12(4)22-20(15(14)18(23)25)13-8-7-10(2)11(3)16(13)21-19(20)26/h7-8,12,14-15,22H,5-6,9H2,1-4H3,(H,21,26)/t12-,14+,15-,20-/m0/s1. The monoisotopic (exact) mass is 355 g/mol. The molecule has 2 N–H and O–H groups in total. The second-order valence-corrected chi connectivity index (χ2v) is 7.81. The number of anilines is 1. The number of aryl methyl sites for hydroxylation is 1. The summed E-state index contributed by atoms with van der Waals surface area (Å²) in [5.41, 5.74) is 2.52. The number of imide groups is 1. The first kappa shape index (κ1) is 17.2. The highest BCUT2D eigenvalue weighted by Crippen LogP contribution is 2.53. The first-order chi connectivity index (χ1) is 12.3. The maximum Gasteiger partial charge on any atom is 0.250 e. The molecule has 2 saturated heterocycles. The van der Waals surface area contributed by atoms with E-state index in [9.17, 15) is 14.4 Å². The van der Waals surface area contributed by atoms with Crippen LogP contribution in [0.2, 0.25) is 0 Å². The highest BCUT2D eigenvalue weighted by Gasteiger charge is 2.69. The number of amides is 3. The van der Waals surface area contributed by atoms with E-state index in [-0.39, 0.29) is 23.8 Å². The molecule has 0 bridgehead atoms. The molecule has 4 rings (SSSR count). The van der Waals surface area contributed by atoms with Crippen molar-refractivity contribution in [3.63, 3.8) is 0 Å². The van der Waals surface area contributed by atoms with Crippen LogP contribution in [0.5, 0.6) is 0 Å². The van der Waals surface area contributed by atoms with Crippen LogP contribution in [-0.2, 0) is 19.9 Å². The Bertz CT molecular complexity index is 834. The summed E-state index contributed by atoms with van der Waals surface area (Å²) < 4.78 is 0. The lowest BCUT2D eigenvalue weighted by Gasteiger charge is -2.29. The number of benzene rings is 1. The van der Waals surface area contributed by atoms with E-state index in [4.69, 9.17) is 0 Å². The molecule has 6 heteroatoms. The highest BCUT2D eigenvalue weighted by atomic mass is 16.2. The van der Waals surface area contributed by atoms with Gasteiger partial charge >= 0.3 is 0 Å². The first-order valence-corrected chi connectivity index (χ1v) is 9.39. The fourth-order valence-electron chi connectivity index (χ4n) is 4.88. The van der Waals surface area contributed by atoms with Crippen molar-refractivity contribution in [3.05, 3.63) is 28.8 Å². The van der Waals surface area contributed by atoms with Gasteiger partial charge in [-0.05, 0) is 38.3 Å². The molecule has 138 valence electrons. The third-order valence-corrected chi connectivity index (χ3v) is 6.40. The molecule has 6 nitrogen and oxygen atoms in total. The number of likely N-dealkylation sites (tertiary alicyclic amines) is 1. The summed E-state index contributed by atoms with van der Waals surface area (Å²) in [6.45, 7) is 8.33. The van der Waals surface area contributed by atoms with Crippen LogP contribution in [0.4, 0.5) is 5.69 Å². The van der Waals surface area contributed by atoms with Gasteiger partial charge in [-0.25, -0.2) is 0 Å². The van der Waals surface area contributed by atoms with Crippen LogP contribution in [-0.4, -0.2) is 35.2 Å². The van der Waals surface area contributed by atoms with Crippen LogP contribution in [0.1, 0.15) is 43.4 Å². The summed E-state index contributed by atoms with van der Waals surface area (Å²) in [4.78, 5) is 40.6. The molecule has 0 radical (unpaired) electrons. The third-order valence-electron chi connectivity index (χ3n) is 6.40. The lowest BCUT2D eigenvalue weighted by Crippen LogP contribution is -2.52. The van der Waals surface area contributed by atoms with E-state index in [1.54, 1.807) is 0 Å². The quantitative estimate of drug-likeness (QED) is 0.811. The van der Waals surface area contributed by atoms with Gasteiger partial charge in [0.2, 0.25) is 17.7 Å². The SMILES string of the molecule is CCCCN1C(=O)[C@@H]2[C@H](C)N[C@]3(C(=O)Nc4c3ccc(C)c4C)[C@@H]2C1=O. The zero-order valence-corrected chi connectivity index (χ0v) is 15.7. The molecule has 0 aromatic heterocycles. The Balaban J connectivity index is 1.85. The summed E-state index contributed by atoms with van der Waals surface area (Å²) in [6, 6.07) is 3.66. The minimum absolute atomic E-state index is 0.143. The molecule has 3 heterocycles. The number of rotatable bonds is 3. The molecule has 3 amide bonds. The Morgan fingerprint density at radius 2 is 1.88 bits per heavy atom. The van der Waals surface area contributed by atoms with Gasteiger partial charge in [-0.2, -0.15) is 0 Å². The van der Waals surface area contributed by atoms with E-state index in [1.165, 1.54) is 4.90 Å². The zero-order chi connectivity index (χ0) is 18.8. The predicted molar refractivity (Wildman–Crippen MR) is 97.4 cm³/mol. The van der Waals surface area contributed by atoms with Crippen LogP contribution < -0.4 is 10.6 Å². The smallest absolute Gasteiger partial charge is 0.250 e. The van der Waals surface area contributed by atoms with Crippen molar-refractivity contribution >= 4 is 23.4 Å². The van der Waals surface area contributed by atoms with Crippen molar-refractivity contribution in [2.75, 3.05) is 11.9 Å². The normalized spacial score (nSPS) is 32.4. The van der Waals surface area contributed by atoms with E-state index in [1.807, 2.05) is 39.8 Å². The lowest BCUT2D eigenvalue weighted by molar-refractivity contribution is -0.142. The van der Waals surface area contributed by atoms with Crippen LogP contribution >= 0.6 is 0 Å². The Morgan fingerprint density at radius 3 is 2.58 bits per heavy atom. The number of unbranched alkanes of at least 4 members (excludes halogenated alkanes) is 1. The van der Waals surface area contributed by atoms with Gasteiger partial charge in [-0.15, -0.1) is 0 Å². The van der Waals surface area contributed by atoms with Gasteiger partial charge in [0.15, 0.2) is 0 Å². The maximum absolute atomic E-state index is 13.2. The maximum atomic E-state index is 13.2. The van der Waals surface area contributed by atoms with Crippen LogP contribution in [0.3, 0.4) is 0 Å². The largest absolute Gasteiger partial charge is 0.324 e. The third kappa shape index (κ3) is 1.93. The molecule has 0 aliphatic carbocycles. The number of hydrogen-bond acceptors (Lipinski definition) is 4.